The topological polar surface area (TPSA) is 0 Å². The highest BCUT2D eigenvalue weighted by Crippen LogP contribution is 2.12. The first-order valence-corrected chi connectivity index (χ1v) is 8.41. The Kier molecular flexibility index (Phi) is 6.53. The summed E-state index contributed by atoms with van der Waals surface area (Å²) >= 11 is 0. The molecule has 2 aromatic carbocycles. The molecule has 112 valence electrons. The molecule has 2 aromatic rings. The molecule has 0 spiro atoms. The summed E-state index contributed by atoms with van der Waals surface area (Å²) in [7, 11) is 0. The second-order valence-electron chi connectivity index (χ2n) is 6.11. The van der Waals surface area contributed by atoms with Gasteiger partial charge in [0.2, 0.25) is 0 Å². The molecule has 0 aromatic heterocycles. The zero-order chi connectivity index (χ0) is 14.9. The maximum absolute atomic E-state index is 2.32. The predicted molar refractivity (Wildman–Crippen MR) is 92.9 cm³/mol. The van der Waals surface area contributed by atoms with E-state index in [1.807, 2.05) is 0 Å². The summed E-state index contributed by atoms with van der Waals surface area (Å²) in [6, 6.07) is 18.2. The van der Waals surface area contributed by atoms with E-state index in [-0.39, 0.29) is 0 Å². The molecule has 0 bridgehead atoms. The van der Waals surface area contributed by atoms with Crippen LogP contribution < -0.4 is 0 Å². The minimum absolute atomic E-state index is 1.14. The Balaban J connectivity index is 1.78. The maximum atomic E-state index is 2.32. The number of benzene rings is 2. The molecule has 2 rings (SSSR count). The van der Waals surface area contributed by atoms with E-state index in [1.165, 1.54) is 54.4 Å². The second kappa shape index (κ2) is 8.67. The van der Waals surface area contributed by atoms with Crippen LogP contribution in [0, 0.1) is 6.92 Å². The Labute approximate surface area is 130 Å². The number of aryl methyl sites for hydroxylation is 4. The van der Waals surface area contributed by atoms with E-state index >= 15 is 0 Å². The van der Waals surface area contributed by atoms with Gasteiger partial charge >= 0.3 is 0 Å². The highest BCUT2D eigenvalue weighted by Gasteiger charge is 1.98. The molecule has 0 aliphatic carbocycles. The fourth-order valence-corrected chi connectivity index (χ4v) is 2.67. The summed E-state index contributed by atoms with van der Waals surface area (Å²) in [4.78, 5) is 0. The van der Waals surface area contributed by atoms with E-state index in [2.05, 4.69) is 62.4 Å². The van der Waals surface area contributed by atoms with Crippen LogP contribution in [0.25, 0.3) is 0 Å². The van der Waals surface area contributed by atoms with E-state index in [4.69, 9.17) is 0 Å². The highest BCUT2D eigenvalue weighted by atomic mass is 14.0. The molecule has 0 atom stereocenters. The summed E-state index contributed by atoms with van der Waals surface area (Å²) < 4.78 is 0. The number of hydrogen-bond donors (Lipinski definition) is 0. The molecular weight excluding hydrogens is 252 g/mol. The molecule has 0 heterocycles. The minimum atomic E-state index is 1.14. The van der Waals surface area contributed by atoms with Crippen LogP contribution in [0.5, 0.6) is 0 Å². The van der Waals surface area contributed by atoms with Crippen molar-refractivity contribution in [1.29, 1.82) is 0 Å². The molecule has 0 fully saturated rings. The molecular formula is C21H28. The largest absolute Gasteiger partial charge is 0.0654 e. The first-order chi connectivity index (χ1) is 10.3. The lowest BCUT2D eigenvalue weighted by Gasteiger charge is -2.05. The molecule has 0 saturated heterocycles. The van der Waals surface area contributed by atoms with E-state index in [9.17, 15) is 0 Å². The van der Waals surface area contributed by atoms with Gasteiger partial charge in [-0.3, -0.25) is 0 Å². The van der Waals surface area contributed by atoms with Crippen LogP contribution in [0.2, 0.25) is 0 Å². The maximum Gasteiger partial charge on any atom is -0.0238 e. The Morgan fingerprint density at radius 3 is 1.57 bits per heavy atom. The van der Waals surface area contributed by atoms with E-state index in [0.29, 0.717) is 0 Å². The molecule has 0 heteroatoms. The van der Waals surface area contributed by atoms with Gasteiger partial charge in [-0.15, -0.1) is 0 Å². The van der Waals surface area contributed by atoms with Gasteiger partial charge in [-0.2, -0.15) is 0 Å². The number of rotatable bonds is 8. The van der Waals surface area contributed by atoms with Crippen molar-refractivity contribution in [2.24, 2.45) is 0 Å². The zero-order valence-corrected chi connectivity index (χ0v) is 13.6. The summed E-state index contributed by atoms with van der Waals surface area (Å²) in [5.41, 5.74) is 5.72. The summed E-state index contributed by atoms with van der Waals surface area (Å²) in [5.74, 6) is 0. The molecule has 21 heavy (non-hydrogen) atoms. The first-order valence-electron chi connectivity index (χ1n) is 8.41. The fraction of sp³-hybridized carbons (Fsp3) is 0.429. The molecule has 0 radical (unpaired) electrons. The molecule has 0 aliphatic rings. The molecule has 0 unspecified atom stereocenters. The fourth-order valence-electron chi connectivity index (χ4n) is 2.67. The second-order valence-corrected chi connectivity index (χ2v) is 6.11. The van der Waals surface area contributed by atoms with Crippen LogP contribution in [0.15, 0.2) is 48.5 Å². The lowest BCUT2D eigenvalue weighted by atomic mass is 10.0. The van der Waals surface area contributed by atoms with Gasteiger partial charge in [0.15, 0.2) is 0 Å². The Morgan fingerprint density at radius 2 is 1.05 bits per heavy atom. The van der Waals surface area contributed by atoms with Gasteiger partial charge < -0.3 is 0 Å². The van der Waals surface area contributed by atoms with Gasteiger partial charge in [0.1, 0.15) is 0 Å². The van der Waals surface area contributed by atoms with Crippen LogP contribution in [0.1, 0.15) is 54.9 Å². The van der Waals surface area contributed by atoms with Crippen molar-refractivity contribution in [3.63, 3.8) is 0 Å². The number of unbranched alkanes of at least 4 members (excludes halogenated alkanes) is 3. The average Bonchev–Trinajstić information content (AvgIpc) is 2.52. The molecule has 0 nitrogen and oxygen atoms in total. The SMILES string of the molecule is CCCCCCc1ccc(CCc2ccc(C)cc2)cc1. The minimum Gasteiger partial charge on any atom is -0.0654 e. The van der Waals surface area contributed by atoms with Crippen molar-refractivity contribution in [3.05, 3.63) is 70.8 Å². The average molecular weight is 280 g/mol. The van der Waals surface area contributed by atoms with Crippen molar-refractivity contribution in [1.82, 2.24) is 0 Å². The van der Waals surface area contributed by atoms with Gasteiger partial charge in [-0.25, -0.2) is 0 Å². The predicted octanol–water partition coefficient (Wildman–Crippen LogP) is 5.90. The smallest absolute Gasteiger partial charge is 0.0238 e. The Morgan fingerprint density at radius 1 is 0.571 bits per heavy atom. The van der Waals surface area contributed by atoms with Crippen LogP contribution in [0.4, 0.5) is 0 Å². The van der Waals surface area contributed by atoms with Crippen molar-refractivity contribution in [3.8, 4) is 0 Å². The third-order valence-electron chi connectivity index (χ3n) is 4.16. The quantitative estimate of drug-likeness (QED) is 0.528. The molecule has 0 saturated carbocycles. The Hall–Kier alpha value is -1.56. The third kappa shape index (κ3) is 5.75. The highest BCUT2D eigenvalue weighted by molar-refractivity contribution is 5.26. The normalized spacial score (nSPS) is 10.8. The van der Waals surface area contributed by atoms with Crippen molar-refractivity contribution in [2.45, 2.75) is 58.8 Å². The molecule has 0 aliphatic heterocycles. The Bertz CT molecular complexity index is 505. The third-order valence-corrected chi connectivity index (χ3v) is 4.16. The standard InChI is InChI=1S/C21H28/c1-3-4-5-6-7-19-12-14-21(15-13-19)17-16-20-10-8-18(2)9-11-20/h8-15H,3-7,16-17H2,1-2H3. The van der Waals surface area contributed by atoms with E-state index in [1.54, 1.807) is 0 Å². The lowest BCUT2D eigenvalue weighted by Crippen LogP contribution is -1.92. The first kappa shape index (κ1) is 15.8. The summed E-state index contributed by atoms with van der Waals surface area (Å²) in [5, 5.41) is 0. The van der Waals surface area contributed by atoms with Crippen LogP contribution in [-0.4, -0.2) is 0 Å². The van der Waals surface area contributed by atoms with E-state index in [0.717, 1.165) is 12.8 Å². The van der Waals surface area contributed by atoms with Gasteiger partial charge in [-0.05, 0) is 49.3 Å². The summed E-state index contributed by atoms with van der Waals surface area (Å²) in [6.45, 7) is 4.41. The lowest BCUT2D eigenvalue weighted by molar-refractivity contribution is 0.667. The van der Waals surface area contributed by atoms with E-state index < -0.39 is 0 Å². The molecule has 0 N–H and O–H groups in total. The zero-order valence-electron chi connectivity index (χ0n) is 13.6. The van der Waals surface area contributed by atoms with Gasteiger partial charge in [0, 0.05) is 0 Å². The van der Waals surface area contributed by atoms with Crippen LogP contribution in [-0.2, 0) is 19.3 Å². The monoisotopic (exact) mass is 280 g/mol. The van der Waals surface area contributed by atoms with Crippen molar-refractivity contribution < 1.29 is 0 Å². The molecule has 0 amide bonds. The summed E-state index contributed by atoms with van der Waals surface area (Å²) in [6.07, 6.45) is 8.89. The van der Waals surface area contributed by atoms with Gasteiger partial charge in [0.25, 0.3) is 0 Å². The van der Waals surface area contributed by atoms with Crippen LogP contribution >= 0.6 is 0 Å². The van der Waals surface area contributed by atoms with Gasteiger partial charge in [-0.1, -0.05) is 80.3 Å². The van der Waals surface area contributed by atoms with Crippen molar-refractivity contribution >= 4 is 0 Å². The van der Waals surface area contributed by atoms with Crippen LogP contribution in [0.3, 0.4) is 0 Å². The number of hydrogen-bond acceptors (Lipinski definition) is 0. The van der Waals surface area contributed by atoms with Gasteiger partial charge in [0.05, 0.1) is 0 Å². The van der Waals surface area contributed by atoms with Crippen molar-refractivity contribution in [2.75, 3.05) is 0 Å².